The van der Waals surface area contributed by atoms with Crippen molar-refractivity contribution in [3.8, 4) is 0 Å². The molecule has 118 valence electrons. The summed E-state index contributed by atoms with van der Waals surface area (Å²) in [5, 5.41) is 1.31. The Balaban J connectivity index is 1.82. The number of likely N-dealkylation sites (tertiary alicyclic amines) is 1. The van der Waals surface area contributed by atoms with Gasteiger partial charge in [0, 0.05) is 43.2 Å². The van der Waals surface area contributed by atoms with Crippen LogP contribution in [0.2, 0.25) is 0 Å². The number of amides is 1. The maximum absolute atomic E-state index is 11.8. The summed E-state index contributed by atoms with van der Waals surface area (Å²) in [5.41, 5.74) is 8.69. The van der Waals surface area contributed by atoms with Gasteiger partial charge in [0.1, 0.15) is 0 Å². The van der Waals surface area contributed by atoms with Gasteiger partial charge in [0.25, 0.3) is 0 Å². The van der Waals surface area contributed by atoms with Gasteiger partial charge in [0.2, 0.25) is 5.91 Å². The molecule has 1 aliphatic rings. The zero-order valence-electron chi connectivity index (χ0n) is 13.2. The summed E-state index contributed by atoms with van der Waals surface area (Å²) in [4.78, 5) is 17.2. The number of benzene rings is 1. The van der Waals surface area contributed by atoms with E-state index in [1.165, 1.54) is 16.5 Å². The maximum Gasteiger partial charge on any atom is 0.219 e. The van der Waals surface area contributed by atoms with E-state index in [2.05, 4.69) is 46.3 Å². The molecule has 1 amide bonds. The molecule has 1 fully saturated rings. The maximum atomic E-state index is 11.8. The largest absolute Gasteiger partial charge is 0.361 e. The third kappa shape index (κ3) is 2.87. The van der Waals surface area contributed by atoms with Gasteiger partial charge in [-0.25, -0.2) is 0 Å². The normalized spacial score (nSPS) is 22.2. The van der Waals surface area contributed by atoms with E-state index < -0.39 is 0 Å². The van der Waals surface area contributed by atoms with Crippen molar-refractivity contribution in [2.24, 2.45) is 0 Å². The number of fused-ring (bicyclic) bond motifs is 1. The molecule has 1 aliphatic heterocycles. The lowest BCUT2D eigenvalue weighted by Crippen LogP contribution is -2.51. The number of hydrazine groups is 1. The number of aromatic nitrogens is 1. The second kappa shape index (κ2) is 6.50. The van der Waals surface area contributed by atoms with E-state index in [0.29, 0.717) is 5.92 Å². The monoisotopic (exact) mass is 300 g/mol. The average Bonchev–Trinajstić information content (AvgIpc) is 2.96. The molecule has 0 spiro atoms. The van der Waals surface area contributed by atoms with Crippen molar-refractivity contribution < 1.29 is 4.79 Å². The number of aromatic amines is 1. The van der Waals surface area contributed by atoms with Crippen LogP contribution >= 0.6 is 0 Å². The number of H-pyrrole nitrogens is 1. The minimum atomic E-state index is 0.167. The molecule has 3 N–H and O–H groups in total. The van der Waals surface area contributed by atoms with Crippen molar-refractivity contribution in [3.05, 3.63) is 36.0 Å². The highest BCUT2D eigenvalue weighted by Crippen LogP contribution is 2.35. The number of piperidine rings is 1. The second-order valence-electron chi connectivity index (χ2n) is 6.01. The van der Waals surface area contributed by atoms with Crippen molar-refractivity contribution in [1.82, 2.24) is 20.7 Å². The number of carbonyl (C=O) groups excluding carboxylic acids is 1. The Morgan fingerprint density at radius 1 is 1.41 bits per heavy atom. The fraction of sp³-hybridized carbons (Fsp3) is 0.471. The molecule has 0 bridgehead atoms. The average molecular weight is 300 g/mol. The lowest BCUT2D eigenvalue weighted by molar-refractivity contribution is -0.132. The third-order valence-electron chi connectivity index (χ3n) is 4.70. The molecule has 2 heterocycles. The van der Waals surface area contributed by atoms with Crippen LogP contribution in [-0.2, 0) is 4.79 Å². The van der Waals surface area contributed by atoms with Crippen molar-refractivity contribution >= 4 is 16.8 Å². The molecule has 2 atom stereocenters. The van der Waals surface area contributed by atoms with Crippen LogP contribution in [0.3, 0.4) is 0 Å². The Bertz CT molecular complexity index is 651. The van der Waals surface area contributed by atoms with Gasteiger partial charge < -0.3 is 9.88 Å². The number of para-hydroxylation sites is 1. The number of carbonyl (C=O) groups is 1. The van der Waals surface area contributed by atoms with Crippen molar-refractivity contribution in [2.45, 2.75) is 31.7 Å². The molecule has 3 rings (SSSR count). The highest BCUT2D eigenvalue weighted by atomic mass is 16.2. The first kappa shape index (κ1) is 15.1. The van der Waals surface area contributed by atoms with Gasteiger partial charge in [-0.05, 0) is 37.4 Å². The molecule has 5 nitrogen and oxygen atoms in total. The van der Waals surface area contributed by atoms with Crippen LogP contribution in [0.1, 0.15) is 31.2 Å². The SMILES string of the molecule is CNNCC1CC(c2c[nH]c3ccccc23)CCN1C(C)=O. The Hall–Kier alpha value is -1.85. The number of nitrogens with one attached hydrogen (secondary N) is 3. The van der Waals surface area contributed by atoms with E-state index in [-0.39, 0.29) is 11.9 Å². The number of rotatable bonds is 4. The minimum Gasteiger partial charge on any atom is -0.361 e. The van der Waals surface area contributed by atoms with E-state index in [0.717, 1.165) is 25.9 Å². The Morgan fingerprint density at radius 2 is 2.23 bits per heavy atom. The number of nitrogens with zero attached hydrogens (tertiary/aromatic N) is 1. The summed E-state index contributed by atoms with van der Waals surface area (Å²) in [6, 6.07) is 8.67. The first-order valence-corrected chi connectivity index (χ1v) is 7.93. The zero-order chi connectivity index (χ0) is 15.5. The first-order valence-electron chi connectivity index (χ1n) is 7.93. The van der Waals surface area contributed by atoms with Gasteiger partial charge in [-0.15, -0.1) is 0 Å². The lowest BCUT2D eigenvalue weighted by Gasteiger charge is -2.39. The molecule has 0 radical (unpaired) electrons. The Kier molecular flexibility index (Phi) is 4.45. The fourth-order valence-corrected chi connectivity index (χ4v) is 3.59. The Labute approximate surface area is 131 Å². The van der Waals surface area contributed by atoms with Crippen LogP contribution in [0, 0.1) is 0 Å². The lowest BCUT2D eigenvalue weighted by atomic mass is 9.85. The van der Waals surface area contributed by atoms with Gasteiger partial charge in [-0.2, -0.15) is 0 Å². The highest BCUT2D eigenvalue weighted by Gasteiger charge is 2.31. The molecule has 2 aromatic rings. The fourth-order valence-electron chi connectivity index (χ4n) is 3.59. The van der Waals surface area contributed by atoms with E-state index in [1.54, 1.807) is 6.92 Å². The van der Waals surface area contributed by atoms with Crippen LogP contribution in [-0.4, -0.2) is 42.0 Å². The molecular weight excluding hydrogens is 276 g/mol. The number of hydrogen-bond donors (Lipinski definition) is 3. The van der Waals surface area contributed by atoms with E-state index in [1.807, 2.05) is 11.9 Å². The van der Waals surface area contributed by atoms with Gasteiger partial charge in [-0.3, -0.25) is 15.6 Å². The molecular formula is C17H24N4O. The predicted octanol–water partition coefficient (Wildman–Crippen LogP) is 1.99. The summed E-state index contributed by atoms with van der Waals surface area (Å²) < 4.78 is 0. The molecule has 5 heteroatoms. The van der Waals surface area contributed by atoms with E-state index in [9.17, 15) is 4.79 Å². The van der Waals surface area contributed by atoms with Crippen LogP contribution in [0.4, 0.5) is 0 Å². The standard InChI is InChI=1S/C17H24N4O/c1-12(22)21-8-7-13(9-14(21)10-20-18-2)16-11-19-17-6-4-3-5-15(16)17/h3-6,11,13-14,18-20H,7-10H2,1-2H3. The van der Waals surface area contributed by atoms with Crippen molar-refractivity contribution in [2.75, 3.05) is 20.1 Å². The van der Waals surface area contributed by atoms with Gasteiger partial charge in [0.15, 0.2) is 0 Å². The smallest absolute Gasteiger partial charge is 0.219 e. The molecule has 0 aliphatic carbocycles. The molecule has 0 saturated carbocycles. The molecule has 1 aromatic carbocycles. The second-order valence-corrected chi connectivity index (χ2v) is 6.01. The van der Waals surface area contributed by atoms with Crippen LogP contribution in [0.15, 0.2) is 30.5 Å². The van der Waals surface area contributed by atoms with Crippen LogP contribution in [0.5, 0.6) is 0 Å². The summed E-state index contributed by atoms with van der Waals surface area (Å²) in [6.45, 7) is 3.27. The minimum absolute atomic E-state index is 0.167. The van der Waals surface area contributed by atoms with Crippen LogP contribution < -0.4 is 10.9 Å². The molecule has 22 heavy (non-hydrogen) atoms. The van der Waals surface area contributed by atoms with E-state index in [4.69, 9.17) is 0 Å². The van der Waals surface area contributed by atoms with Crippen LogP contribution in [0.25, 0.3) is 10.9 Å². The topological polar surface area (TPSA) is 60.2 Å². The third-order valence-corrected chi connectivity index (χ3v) is 4.70. The zero-order valence-corrected chi connectivity index (χ0v) is 13.2. The summed E-state index contributed by atoms with van der Waals surface area (Å²) in [7, 11) is 1.86. The van der Waals surface area contributed by atoms with Gasteiger partial charge in [-0.1, -0.05) is 18.2 Å². The van der Waals surface area contributed by atoms with Crippen molar-refractivity contribution in [3.63, 3.8) is 0 Å². The summed E-state index contributed by atoms with van der Waals surface area (Å²) >= 11 is 0. The number of hydrogen-bond acceptors (Lipinski definition) is 3. The Morgan fingerprint density at radius 3 is 3.00 bits per heavy atom. The quantitative estimate of drug-likeness (QED) is 0.757. The van der Waals surface area contributed by atoms with E-state index >= 15 is 0 Å². The molecule has 1 aromatic heterocycles. The highest BCUT2D eigenvalue weighted by molar-refractivity contribution is 5.83. The summed E-state index contributed by atoms with van der Waals surface area (Å²) in [5.74, 6) is 0.663. The predicted molar refractivity (Wildman–Crippen MR) is 88.5 cm³/mol. The van der Waals surface area contributed by atoms with Crippen molar-refractivity contribution in [1.29, 1.82) is 0 Å². The summed E-state index contributed by atoms with van der Waals surface area (Å²) in [6.07, 6.45) is 4.16. The molecule has 1 saturated heterocycles. The molecule has 2 unspecified atom stereocenters. The first-order chi connectivity index (χ1) is 10.7. The van der Waals surface area contributed by atoms with Gasteiger partial charge >= 0.3 is 0 Å². The van der Waals surface area contributed by atoms with Gasteiger partial charge in [0.05, 0.1) is 0 Å².